The molecule has 5 nitrogen and oxygen atoms in total. The largest absolute Gasteiger partial charge is 0.497 e. The second kappa shape index (κ2) is 6.78. The predicted molar refractivity (Wildman–Crippen MR) is 101 cm³/mol. The Morgan fingerprint density at radius 1 is 1.29 bits per heavy atom. The predicted octanol–water partition coefficient (Wildman–Crippen LogP) is 3.30. The van der Waals surface area contributed by atoms with E-state index >= 15 is 0 Å². The molecule has 1 aromatic carbocycles. The topological polar surface area (TPSA) is 46.8 Å². The Morgan fingerprint density at radius 2 is 2.00 bits per heavy atom. The lowest BCUT2D eigenvalue weighted by atomic mass is 10.2. The summed E-state index contributed by atoms with van der Waals surface area (Å²) in [5, 5.41) is 5.55. The van der Waals surface area contributed by atoms with Crippen LogP contribution in [0.25, 0.3) is 5.69 Å². The van der Waals surface area contributed by atoms with Crippen LogP contribution in [0.2, 0.25) is 0 Å². The minimum atomic E-state index is -0.0785. The number of methoxy groups -OCH3 is 1. The molecule has 0 bridgehead atoms. The van der Waals surface area contributed by atoms with Gasteiger partial charge in [-0.15, -0.1) is 0 Å². The summed E-state index contributed by atoms with van der Waals surface area (Å²) in [4.78, 5) is 11.7. The van der Waals surface area contributed by atoms with Gasteiger partial charge in [0.25, 0.3) is 5.91 Å². The highest BCUT2D eigenvalue weighted by Crippen LogP contribution is 2.23. The lowest BCUT2D eigenvalue weighted by molar-refractivity contribution is -0.123. The van der Waals surface area contributed by atoms with E-state index in [-0.39, 0.29) is 5.91 Å². The molecular weight excluding hydrogens is 342 g/mol. The number of rotatable bonds is 4. The number of nitrogens with zero attached hydrogens (tertiary/aromatic N) is 3. The number of aromatic nitrogens is 1. The summed E-state index contributed by atoms with van der Waals surface area (Å²) in [7, 11) is 1.65. The Labute approximate surface area is 150 Å². The molecule has 3 rings (SSSR count). The number of amides is 1. The molecular formula is C17H17N3O2S2. The van der Waals surface area contributed by atoms with Crippen LogP contribution in [0.4, 0.5) is 0 Å². The van der Waals surface area contributed by atoms with Gasteiger partial charge in [-0.25, -0.2) is 0 Å². The maximum absolute atomic E-state index is 11.7. The van der Waals surface area contributed by atoms with Gasteiger partial charge in [0.15, 0.2) is 4.32 Å². The van der Waals surface area contributed by atoms with E-state index in [1.807, 2.05) is 44.2 Å². The molecule has 0 aliphatic carbocycles. The van der Waals surface area contributed by atoms with Crippen LogP contribution in [-0.4, -0.2) is 38.9 Å². The summed E-state index contributed by atoms with van der Waals surface area (Å²) in [6.45, 7) is 4.06. The molecule has 1 aliphatic rings. The number of ether oxygens (including phenoxy) is 1. The van der Waals surface area contributed by atoms with E-state index in [2.05, 4.69) is 9.67 Å². The molecule has 1 aliphatic heterocycles. The molecule has 7 heteroatoms. The van der Waals surface area contributed by atoms with Crippen molar-refractivity contribution in [2.24, 2.45) is 5.10 Å². The summed E-state index contributed by atoms with van der Waals surface area (Å²) in [6, 6.07) is 9.92. The Morgan fingerprint density at radius 3 is 2.58 bits per heavy atom. The maximum atomic E-state index is 11.7. The van der Waals surface area contributed by atoms with Crippen LogP contribution < -0.4 is 4.74 Å². The van der Waals surface area contributed by atoms with E-state index in [1.54, 1.807) is 13.3 Å². The summed E-state index contributed by atoms with van der Waals surface area (Å²) >= 11 is 6.47. The maximum Gasteiger partial charge on any atom is 0.259 e. The van der Waals surface area contributed by atoms with Crippen LogP contribution in [0.3, 0.4) is 0 Å². The lowest BCUT2D eigenvalue weighted by Crippen LogP contribution is -2.22. The van der Waals surface area contributed by atoms with Crippen molar-refractivity contribution >= 4 is 40.4 Å². The van der Waals surface area contributed by atoms with Gasteiger partial charge >= 0.3 is 0 Å². The molecule has 1 amide bonds. The molecule has 2 aromatic rings. The van der Waals surface area contributed by atoms with Gasteiger partial charge in [-0.05, 0) is 44.2 Å². The molecule has 0 spiro atoms. The summed E-state index contributed by atoms with van der Waals surface area (Å²) in [5.74, 6) is 1.10. The molecule has 1 saturated heterocycles. The minimum Gasteiger partial charge on any atom is -0.497 e. The molecule has 0 saturated carbocycles. The Kier molecular flexibility index (Phi) is 4.73. The van der Waals surface area contributed by atoms with E-state index in [1.165, 1.54) is 16.8 Å². The van der Waals surface area contributed by atoms with Crippen LogP contribution in [0.15, 0.2) is 35.4 Å². The van der Waals surface area contributed by atoms with Crippen molar-refractivity contribution in [1.82, 2.24) is 9.58 Å². The number of hydrazone groups is 1. The zero-order valence-electron chi connectivity index (χ0n) is 13.6. The fourth-order valence-electron chi connectivity index (χ4n) is 2.63. The van der Waals surface area contributed by atoms with Gasteiger partial charge in [0, 0.05) is 22.6 Å². The third-order valence-corrected chi connectivity index (χ3v) is 5.18. The summed E-state index contributed by atoms with van der Waals surface area (Å²) in [5.41, 5.74) is 4.14. The van der Waals surface area contributed by atoms with Crippen molar-refractivity contribution in [1.29, 1.82) is 0 Å². The van der Waals surface area contributed by atoms with E-state index in [0.717, 1.165) is 28.4 Å². The first-order valence-electron chi connectivity index (χ1n) is 7.38. The smallest absolute Gasteiger partial charge is 0.259 e. The van der Waals surface area contributed by atoms with Gasteiger partial charge < -0.3 is 9.30 Å². The second-order valence-corrected chi connectivity index (χ2v) is 6.97. The van der Waals surface area contributed by atoms with Gasteiger partial charge in [0.05, 0.1) is 19.1 Å². The van der Waals surface area contributed by atoms with E-state index < -0.39 is 0 Å². The van der Waals surface area contributed by atoms with Gasteiger partial charge in [0.2, 0.25) is 0 Å². The molecule has 0 N–H and O–H groups in total. The van der Waals surface area contributed by atoms with Crippen molar-refractivity contribution in [2.45, 2.75) is 13.8 Å². The number of benzene rings is 1. The Bertz CT molecular complexity index is 809. The quantitative estimate of drug-likeness (QED) is 0.621. The van der Waals surface area contributed by atoms with Gasteiger partial charge in [-0.2, -0.15) is 10.1 Å². The van der Waals surface area contributed by atoms with Crippen LogP contribution >= 0.6 is 24.0 Å². The highest BCUT2D eigenvalue weighted by Gasteiger charge is 2.26. The number of thioether (sulfide) groups is 1. The van der Waals surface area contributed by atoms with Gasteiger partial charge in [-0.1, -0.05) is 24.0 Å². The standard InChI is InChI=1S/C17H17N3O2S2/c1-11-8-13(9-18-20-16(21)10-24-17(20)23)12(2)19(11)14-4-6-15(22-3)7-5-14/h4-9H,10H2,1-3H3/b18-9-. The van der Waals surface area contributed by atoms with Crippen molar-refractivity contribution in [3.8, 4) is 11.4 Å². The first kappa shape index (κ1) is 16.7. The van der Waals surface area contributed by atoms with Crippen LogP contribution in [-0.2, 0) is 4.79 Å². The fraction of sp³-hybridized carbons (Fsp3) is 0.235. The number of hydrogen-bond acceptors (Lipinski definition) is 5. The first-order valence-corrected chi connectivity index (χ1v) is 8.77. The van der Waals surface area contributed by atoms with E-state index in [4.69, 9.17) is 17.0 Å². The third-order valence-electron chi connectivity index (χ3n) is 3.84. The van der Waals surface area contributed by atoms with E-state index in [9.17, 15) is 4.79 Å². The minimum absolute atomic E-state index is 0.0785. The zero-order chi connectivity index (χ0) is 17.3. The first-order chi connectivity index (χ1) is 11.5. The molecule has 1 fully saturated rings. The molecule has 24 heavy (non-hydrogen) atoms. The van der Waals surface area contributed by atoms with Crippen LogP contribution in [0, 0.1) is 13.8 Å². The molecule has 124 valence electrons. The third kappa shape index (κ3) is 3.09. The monoisotopic (exact) mass is 359 g/mol. The fourth-order valence-corrected chi connectivity index (χ4v) is 3.59. The van der Waals surface area contributed by atoms with Gasteiger partial charge in [0.1, 0.15) is 5.75 Å². The van der Waals surface area contributed by atoms with Gasteiger partial charge in [-0.3, -0.25) is 4.79 Å². The number of carbonyl (C=O) groups excluding carboxylic acids is 1. The molecule has 0 radical (unpaired) electrons. The lowest BCUT2D eigenvalue weighted by Gasteiger charge is -2.10. The molecule has 1 aromatic heterocycles. The Hall–Kier alpha value is -2.12. The number of carbonyl (C=O) groups is 1. The van der Waals surface area contributed by atoms with Crippen molar-refractivity contribution in [3.05, 3.63) is 47.3 Å². The SMILES string of the molecule is COc1ccc(-n2c(C)cc(/C=N\N3C(=O)CSC3=S)c2C)cc1. The van der Waals surface area contributed by atoms with Crippen LogP contribution in [0.5, 0.6) is 5.75 Å². The molecule has 0 unspecified atom stereocenters. The van der Waals surface area contributed by atoms with E-state index in [0.29, 0.717) is 10.1 Å². The molecule has 0 atom stereocenters. The highest BCUT2D eigenvalue weighted by atomic mass is 32.2. The highest BCUT2D eigenvalue weighted by molar-refractivity contribution is 8.23. The average Bonchev–Trinajstić information content (AvgIpc) is 3.05. The normalized spacial score (nSPS) is 14.9. The molecule has 2 heterocycles. The number of thiocarbonyl (C=S) groups is 1. The van der Waals surface area contributed by atoms with Crippen molar-refractivity contribution in [2.75, 3.05) is 12.9 Å². The van der Waals surface area contributed by atoms with Crippen LogP contribution in [0.1, 0.15) is 17.0 Å². The number of hydrogen-bond donors (Lipinski definition) is 0. The zero-order valence-corrected chi connectivity index (χ0v) is 15.3. The average molecular weight is 359 g/mol. The number of aryl methyl sites for hydroxylation is 1. The van der Waals surface area contributed by atoms with Crippen molar-refractivity contribution < 1.29 is 9.53 Å². The summed E-state index contributed by atoms with van der Waals surface area (Å²) < 4.78 is 7.84. The van der Waals surface area contributed by atoms with Crippen molar-refractivity contribution in [3.63, 3.8) is 0 Å². The second-order valence-electron chi connectivity index (χ2n) is 5.36. The Balaban J connectivity index is 1.91. The summed E-state index contributed by atoms with van der Waals surface area (Å²) in [6.07, 6.45) is 1.69.